The summed E-state index contributed by atoms with van der Waals surface area (Å²) in [6.45, 7) is 32.4. The summed E-state index contributed by atoms with van der Waals surface area (Å²) in [5.41, 5.74) is 7.45. The van der Waals surface area contributed by atoms with Crippen LogP contribution >= 0.6 is 0 Å². The van der Waals surface area contributed by atoms with Gasteiger partial charge in [0.1, 0.15) is 0 Å². The molecule has 0 amide bonds. The van der Waals surface area contributed by atoms with Gasteiger partial charge in [-0.25, -0.2) is 0 Å². The number of ether oxygens (including phenoxy) is 3. The van der Waals surface area contributed by atoms with E-state index in [1.807, 2.05) is 84.9 Å². The Morgan fingerprint density at radius 1 is 0.475 bits per heavy atom. The molecule has 7 nitrogen and oxygen atoms in total. The molecule has 0 N–H and O–H groups in total. The second kappa shape index (κ2) is 31.6. The Balaban J connectivity index is -0.000000692. The van der Waals surface area contributed by atoms with Gasteiger partial charge in [-0.3, -0.25) is 0 Å². The molecule has 61 heavy (non-hydrogen) atoms. The quantitative estimate of drug-likeness (QED) is 0.145. The average Bonchev–Trinajstić information content (AvgIpc) is 3.76. The van der Waals surface area contributed by atoms with E-state index in [9.17, 15) is 20.4 Å². The van der Waals surface area contributed by atoms with E-state index >= 15 is 0 Å². The van der Waals surface area contributed by atoms with Crippen molar-refractivity contribution in [3.8, 4) is 11.5 Å². The van der Waals surface area contributed by atoms with Gasteiger partial charge in [-0.05, 0) is 70.6 Å². The van der Waals surface area contributed by atoms with E-state index in [4.69, 9.17) is 4.74 Å². The third kappa shape index (κ3) is 26.9. The van der Waals surface area contributed by atoms with Gasteiger partial charge in [-0.2, -0.15) is 0 Å². The van der Waals surface area contributed by atoms with Crippen molar-refractivity contribution in [2.75, 3.05) is 40.6 Å². The Morgan fingerprint density at radius 3 is 0.869 bits per heavy atom. The van der Waals surface area contributed by atoms with E-state index in [0.29, 0.717) is 13.2 Å². The number of aryl methyl sites for hydroxylation is 2. The molecule has 0 radical (unpaired) electrons. The topological polar surface area (TPSA) is 120 Å². The molecular formula is C52H78Mg2O7. The molecule has 4 aromatic rings. The Morgan fingerprint density at radius 2 is 0.721 bits per heavy atom. The number of benzene rings is 4. The molecule has 0 aliphatic carbocycles. The minimum absolute atomic E-state index is 0. The van der Waals surface area contributed by atoms with Crippen LogP contribution in [0.25, 0.3) is 0 Å². The molecular weight excluding hydrogens is 785 g/mol. The Labute approximate surface area is 404 Å². The fourth-order valence-electron chi connectivity index (χ4n) is 5.60. The summed E-state index contributed by atoms with van der Waals surface area (Å²) in [4.78, 5) is 0. The van der Waals surface area contributed by atoms with Crippen LogP contribution < -0.4 is 20.4 Å². The van der Waals surface area contributed by atoms with Crippen LogP contribution in [0.4, 0.5) is 0 Å². The van der Waals surface area contributed by atoms with Crippen molar-refractivity contribution in [1.29, 1.82) is 0 Å². The molecule has 1 saturated heterocycles. The molecule has 9 heteroatoms. The second-order valence-corrected chi connectivity index (χ2v) is 18.9. The minimum atomic E-state index is -0.110. The number of methoxy groups -OCH3 is 2. The standard InChI is InChI=1S/2C15H24O.2C7H7O.C4H10O2.C4H8O.2Mg/c2*1-10-8-11(14(2,3)4)13(16)12(9-10)15(5,6)7;2*8-6-7-4-2-1-3-5-7;1-5-3-4-6-2;1-2-4-5-3-1;;/h2*8-9,16H,1-7H3;2*1-5H,6H2;3-4H2,1-2H3;1-4H2;;/q;;2*-1;;;2*+2/p-2. The zero-order valence-corrected chi connectivity index (χ0v) is 43.8. The molecule has 1 aliphatic rings. The Hall–Kier alpha value is -2.19. The molecule has 1 fully saturated rings. The molecule has 1 aliphatic heterocycles. The molecule has 4 aromatic carbocycles. The average molecular weight is 864 g/mol. The first-order chi connectivity index (χ1) is 27.3. The third-order valence-electron chi connectivity index (χ3n) is 9.04. The van der Waals surface area contributed by atoms with Crippen molar-refractivity contribution in [3.05, 3.63) is 129 Å². The van der Waals surface area contributed by atoms with Crippen LogP contribution in [0.3, 0.4) is 0 Å². The third-order valence-corrected chi connectivity index (χ3v) is 9.04. The van der Waals surface area contributed by atoms with Gasteiger partial charge in [-0.1, -0.05) is 190 Å². The van der Waals surface area contributed by atoms with Gasteiger partial charge in [0.2, 0.25) is 0 Å². The van der Waals surface area contributed by atoms with Crippen molar-refractivity contribution in [1.82, 2.24) is 0 Å². The van der Waals surface area contributed by atoms with Gasteiger partial charge in [0, 0.05) is 27.4 Å². The number of hydrogen-bond acceptors (Lipinski definition) is 7. The van der Waals surface area contributed by atoms with Crippen molar-refractivity contribution in [2.24, 2.45) is 0 Å². The van der Waals surface area contributed by atoms with E-state index < -0.39 is 0 Å². The van der Waals surface area contributed by atoms with Gasteiger partial charge in [0.15, 0.2) is 0 Å². The van der Waals surface area contributed by atoms with Crippen molar-refractivity contribution in [2.45, 2.75) is 145 Å². The summed E-state index contributed by atoms with van der Waals surface area (Å²) in [5, 5.41) is 45.1. The van der Waals surface area contributed by atoms with Gasteiger partial charge in [0.05, 0.1) is 13.2 Å². The van der Waals surface area contributed by atoms with Gasteiger partial charge in [0.25, 0.3) is 0 Å². The largest absolute Gasteiger partial charge is 2.00 e. The van der Waals surface area contributed by atoms with Crippen LogP contribution in [0.15, 0.2) is 84.9 Å². The van der Waals surface area contributed by atoms with E-state index in [1.54, 1.807) is 14.2 Å². The molecule has 0 saturated carbocycles. The van der Waals surface area contributed by atoms with E-state index in [1.165, 1.54) is 24.0 Å². The van der Waals surface area contributed by atoms with Gasteiger partial charge < -0.3 is 34.6 Å². The maximum atomic E-state index is 12.4. The normalized spacial score (nSPS) is 12.0. The summed E-state index contributed by atoms with van der Waals surface area (Å²) >= 11 is 0. The maximum absolute atomic E-state index is 12.4. The Bertz CT molecular complexity index is 1500. The molecule has 0 spiro atoms. The predicted molar refractivity (Wildman–Crippen MR) is 252 cm³/mol. The predicted octanol–water partition coefficient (Wildman–Crippen LogP) is 8.74. The smallest absolute Gasteiger partial charge is 0.872 e. The van der Waals surface area contributed by atoms with Crippen LogP contribution in [-0.2, 0) is 49.1 Å². The van der Waals surface area contributed by atoms with E-state index in [2.05, 4.69) is 106 Å². The fraction of sp³-hybridized carbons (Fsp3) is 0.538. The van der Waals surface area contributed by atoms with Gasteiger partial charge in [-0.15, -0.1) is 24.7 Å². The Kier molecular flexibility index (Phi) is 32.7. The number of hydrogen-bond donors (Lipinski definition) is 0. The summed E-state index contributed by atoms with van der Waals surface area (Å²) in [5.74, 6) is 0.427. The first-order valence-electron chi connectivity index (χ1n) is 20.8. The molecule has 0 bridgehead atoms. The second-order valence-electron chi connectivity index (χ2n) is 18.9. The van der Waals surface area contributed by atoms with Crippen molar-refractivity contribution < 1.29 is 34.6 Å². The van der Waals surface area contributed by atoms with Crippen LogP contribution in [0, 0.1) is 13.8 Å². The van der Waals surface area contributed by atoms with Crippen LogP contribution in [0.5, 0.6) is 11.5 Å². The van der Waals surface area contributed by atoms with E-state index in [-0.39, 0.29) is 92.5 Å². The van der Waals surface area contributed by atoms with Crippen molar-refractivity contribution >= 4 is 46.1 Å². The minimum Gasteiger partial charge on any atom is -0.872 e. The zero-order chi connectivity index (χ0) is 45.5. The fourth-order valence-corrected chi connectivity index (χ4v) is 5.60. The van der Waals surface area contributed by atoms with Crippen molar-refractivity contribution in [3.63, 3.8) is 0 Å². The van der Waals surface area contributed by atoms with E-state index in [0.717, 1.165) is 46.6 Å². The molecule has 0 atom stereocenters. The SMILES string of the molecule is C1CCOC1.COCCOC.Cc1cc(C(C)(C)C)c([O-])c(C(C)(C)C)c1.Cc1cc(C(C)(C)C)c([O-])c(C(C)(C)C)c1.[Mg+2].[Mg+2].[O-]Cc1ccccc1.[O-]Cc1ccccc1. The number of rotatable bonds is 5. The van der Waals surface area contributed by atoms with Gasteiger partial charge >= 0.3 is 46.1 Å². The molecule has 0 unspecified atom stereocenters. The van der Waals surface area contributed by atoms with Crippen LogP contribution in [0.1, 0.15) is 140 Å². The summed E-state index contributed by atoms with van der Waals surface area (Å²) in [6, 6.07) is 26.7. The summed E-state index contributed by atoms with van der Waals surface area (Å²) in [7, 11) is 3.30. The molecule has 5 rings (SSSR count). The monoisotopic (exact) mass is 863 g/mol. The summed E-state index contributed by atoms with van der Waals surface area (Å²) < 4.78 is 14.3. The summed E-state index contributed by atoms with van der Waals surface area (Å²) in [6.07, 6.45) is 2.56. The maximum Gasteiger partial charge on any atom is 2.00 e. The molecule has 1 heterocycles. The van der Waals surface area contributed by atoms with Crippen LogP contribution in [-0.4, -0.2) is 86.8 Å². The first-order valence-corrected chi connectivity index (χ1v) is 20.8. The zero-order valence-electron chi connectivity index (χ0n) is 41.0. The first kappa shape index (κ1) is 63.1. The molecule has 0 aromatic heterocycles. The van der Waals surface area contributed by atoms with Crippen LogP contribution in [0.2, 0.25) is 0 Å². The molecule has 332 valence electrons.